The number of rotatable bonds is 0. The van der Waals surface area contributed by atoms with Gasteiger partial charge in [0.05, 0.1) is 0 Å². The molecule has 0 saturated carbocycles. The lowest BCUT2D eigenvalue weighted by Gasteiger charge is -1.05. The summed E-state index contributed by atoms with van der Waals surface area (Å²) in [5.41, 5.74) is 0. The van der Waals surface area contributed by atoms with Gasteiger partial charge in [-0.15, -0.1) is 0 Å². The Balaban J connectivity index is -0.00000000764. The summed E-state index contributed by atoms with van der Waals surface area (Å²) in [6.07, 6.45) is 1.50. The predicted molar refractivity (Wildman–Crippen MR) is 57.0 cm³/mol. The Morgan fingerprint density at radius 1 is 0.909 bits per heavy atom. The summed E-state index contributed by atoms with van der Waals surface area (Å²) in [6, 6.07) is 0. The van der Waals surface area contributed by atoms with Gasteiger partial charge in [0.1, 0.15) is 0 Å². The molecule has 0 bridgehead atoms. The number of isocyanates is 2. The van der Waals surface area contributed by atoms with E-state index < -0.39 is 0 Å². The molecule has 0 heterocycles. The zero-order valence-electron chi connectivity index (χ0n) is 4.19. The van der Waals surface area contributed by atoms with E-state index >= 15 is 0 Å². The number of hydrogen-bond donors (Lipinski definition) is 2. The summed E-state index contributed by atoms with van der Waals surface area (Å²) >= 11 is 2.15. The second kappa shape index (κ2) is 308. The average Bonchev–Trinajstić information content (AvgIpc) is 1.75. The third-order valence-electron chi connectivity index (χ3n) is 0. The lowest BCUT2D eigenvalue weighted by atomic mass is 11.7. The van der Waals surface area contributed by atoms with Gasteiger partial charge in [0.15, 0.2) is 0 Å². The van der Waals surface area contributed by atoms with Gasteiger partial charge in [0.2, 0.25) is 12.2 Å². The van der Waals surface area contributed by atoms with Crippen LogP contribution in [0, 0.1) is 10.8 Å². The maximum atomic E-state index is 8.35. The van der Waals surface area contributed by atoms with Crippen LogP contribution in [0.25, 0.3) is 0 Å². The largest absolute Gasteiger partial charge is 0.231 e. The zero-order chi connectivity index (χ0) is 7.41. The molecule has 0 rings (SSSR count). The molecule has 0 aromatic heterocycles. The van der Waals surface area contributed by atoms with Gasteiger partial charge >= 0.3 is 0 Å². The lowest BCUT2D eigenvalue weighted by molar-refractivity contribution is 0.562. The first-order valence-corrected chi connectivity index (χ1v) is 3.44. The van der Waals surface area contributed by atoms with Gasteiger partial charge in [0, 0.05) is 0 Å². The van der Waals surface area contributed by atoms with Crippen molar-refractivity contribution in [2.75, 3.05) is 4.93 Å². The Hall–Kier alpha value is -0.510. The third-order valence-corrected chi connectivity index (χ3v) is 0. The molecule has 0 atom stereocenters. The smallest absolute Gasteiger partial charge is 0.222 e. The summed E-state index contributed by atoms with van der Waals surface area (Å²) in [5.74, 6) is 0. The van der Waals surface area contributed by atoms with Crippen molar-refractivity contribution in [3.05, 3.63) is 0 Å². The fraction of sp³-hybridized carbons (Fsp3) is 0.667. The molecule has 0 aliphatic heterocycles. The monoisotopic (exact) mass is 276 g/mol. The van der Waals surface area contributed by atoms with E-state index in [4.69, 9.17) is 20.4 Å². The molecular formula is C6H17IN2O2. The molecule has 70 valence electrons. The van der Waals surface area contributed by atoms with Crippen LogP contribution in [0.1, 0.15) is 22.3 Å². The highest BCUT2D eigenvalue weighted by Gasteiger charge is 1.04. The second-order valence-corrected chi connectivity index (χ2v) is 0.204. The quantitative estimate of drug-likeness (QED) is 0.308. The summed E-state index contributed by atoms with van der Waals surface area (Å²) in [4.78, 5) is 18.7. The maximum absolute atomic E-state index is 8.35. The number of nitrogens with one attached hydrogen (secondary N) is 2. The van der Waals surface area contributed by atoms with Crippen molar-refractivity contribution < 1.29 is 9.59 Å². The number of hydrogen-bond acceptors (Lipinski definition) is 4. The highest BCUT2D eigenvalue weighted by molar-refractivity contribution is 14.1. The molecule has 11 heavy (non-hydrogen) atoms. The predicted octanol–water partition coefficient (Wildman–Crippen LogP) is 2.76. The van der Waals surface area contributed by atoms with Crippen LogP contribution < -0.4 is 0 Å². The van der Waals surface area contributed by atoms with E-state index in [-0.39, 0.29) is 22.3 Å². The van der Waals surface area contributed by atoms with E-state index in [1.807, 2.05) is 4.93 Å². The number of alkyl halides is 1. The first-order chi connectivity index (χ1) is 3.83. The second-order valence-electron chi connectivity index (χ2n) is 0.204. The van der Waals surface area contributed by atoms with E-state index in [1.165, 1.54) is 0 Å². The van der Waals surface area contributed by atoms with Crippen molar-refractivity contribution in [3.63, 3.8) is 0 Å². The Kier molecular flexibility index (Phi) is 1310. The Bertz CT molecular complexity index is 72.6. The van der Waals surface area contributed by atoms with E-state index in [0.29, 0.717) is 0 Å². The molecule has 0 amide bonds. The van der Waals surface area contributed by atoms with Gasteiger partial charge in [-0.25, -0.2) is 20.4 Å². The molecule has 0 fully saturated rings. The topological polar surface area (TPSA) is 81.8 Å². The molecule has 0 saturated heterocycles. The van der Waals surface area contributed by atoms with Crippen LogP contribution in [0.15, 0.2) is 0 Å². The fourth-order valence-electron chi connectivity index (χ4n) is 0. The molecule has 0 unspecified atom stereocenters. The van der Waals surface area contributed by atoms with Crippen LogP contribution in [0.3, 0.4) is 0 Å². The van der Waals surface area contributed by atoms with Gasteiger partial charge in [-0.2, -0.15) is 0 Å². The SMILES string of the molecule is C.C.C.CI.N=C=O.N=C=O. The highest BCUT2D eigenvalue weighted by atomic mass is 127. The number of halogens is 1. The van der Waals surface area contributed by atoms with Crippen LogP contribution in [0.4, 0.5) is 0 Å². The first-order valence-electron chi connectivity index (χ1n) is 1.29. The molecule has 2 N–H and O–H groups in total. The van der Waals surface area contributed by atoms with Crippen LogP contribution in [-0.4, -0.2) is 17.1 Å². The van der Waals surface area contributed by atoms with Crippen molar-refractivity contribution in [2.24, 2.45) is 0 Å². The van der Waals surface area contributed by atoms with Gasteiger partial charge in [-0.1, -0.05) is 44.9 Å². The molecule has 4 nitrogen and oxygen atoms in total. The minimum Gasteiger partial charge on any atom is -0.222 e. The van der Waals surface area contributed by atoms with Gasteiger partial charge in [0.25, 0.3) is 0 Å². The average molecular weight is 276 g/mol. The maximum Gasteiger partial charge on any atom is 0.231 e. The summed E-state index contributed by atoms with van der Waals surface area (Å²) < 4.78 is 0. The fourth-order valence-corrected chi connectivity index (χ4v) is 0. The molecule has 0 spiro atoms. The molecule has 0 aromatic carbocycles. The summed E-state index contributed by atoms with van der Waals surface area (Å²) in [6.45, 7) is 0. The lowest BCUT2D eigenvalue weighted by Crippen LogP contribution is -1.16. The molecule has 0 aromatic rings. The molecule has 0 aliphatic rings. The summed E-state index contributed by atoms with van der Waals surface area (Å²) in [5, 5.41) is 10.8. The molecule has 0 radical (unpaired) electrons. The molecule has 5 heteroatoms. The van der Waals surface area contributed by atoms with Crippen molar-refractivity contribution >= 4 is 34.8 Å². The van der Waals surface area contributed by atoms with Crippen molar-refractivity contribution in [3.8, 4) is 0 Å². The minimum atomic E-state index is 0. The Labute approximate surface area is 82.5 Å². The van der Waals surface area contributed by atoms with Gasteiger partial charge in [-0.05, 0) is 4.93 Å². The third kappa shape index (κ3) is 2050. The first kappa shape index (κ1) is 46.9. The van der Waals surface area contributed by atoms with E-state index in [9.17, 15) is 0 Å². The van der Waals surface area contributed by atoms with Crippen molar-refractivity contribution in [1.29, 1.82) is 10.8 Å². The number of carbonyl (C=O) groups excluding carboxylic acids is 2. The van der Waals surface area contributed by atoms with E-state index in [0.717, 1.165) is 12.2 Å². The molecular weight excluding hydrogens is 259 g/mol. The minimum absolute atomic E-state index is 0. The van der Waals surface area contributed by atoms with Crippen LogP contribution in [-0.2, 0) is 9.59 Å². The van der Waals surface area contributed by atoms with E-state index in [2.05, 4.69) is 22.6 Å². The van der Waals surface area contributed by atoms with Crippen LogP contribution >= 0.6 is 22.6 Å². The Morgan fingerprint density at radius 3 is 0.909 bits per heavy atom. The van der Waals surface area contributed by atoms with Crippen molar-refractivity contribution in [2.45, 2.75) is 22.3 Å². The standard InChI is InChI=1S/CH3I.2CHNO.3CH4/c1-2;2*2-1-3;;;/h1H3;2*2H;3*1H4. The van der Waals surface area contributed by atoms with Crippen LogP contribution in [0.5, 0.6) is 0 Å². The summed E-state index contributed by atoms with van der Waals surface area (Å²) in [7, 11) is 0. The molecule has 0 aliphatic carbocycles. The van der Waals surface area contributed by atoms with Crippen molar-refractivity contribution in [1.82, 2.24) is 0 Å². The van der Waals surface area contributed by atoms with E-state index in [1.54, 1.807) is 0 Å². The van der Waals surface area contributed by atoms with Gasteiger partial charge < -0.3 is 0 Å². The normalized spacial score (nSPS) is 2.00. The van der Waals surface area contributed by atoms with Gasteiger partial charge in [-0.3, -0.25) is 0 Å². The Morgan fingerprint density at radius 2 is 0.909 bits per heavy atom. The van der Waals surface area contributed by atoms with Crippen LogP contribution in [0.2, 0.25) is 0 Å². The highest BCUT2D eigenvalue weighted by Crippen LogP contribution is 1.48. The zero-order valence-corrected chi connectivity index (χ0v) is 6.35.